The van der Waals surface area contributed by atoms with Gasteiger partial charge in [0.25, 0.3) is 0 Å². The summed E-state index contributed by atoms with van der Waals surface area (Å²) in [5.74, 6) is 0.147. The molecular weight excluding hydrogens is 248 g/mol. The Morgan fingerprint density at radius 2 is 2.26 bits per heavy atom. The minimum Gasteiger partial charge on any atom is -0.462 e. The topological polar surface area (TPSA) is 88.4 Å². The molecule has 1 fully saturated rings. The zero-order valence-corrected chi connectivity index (χ0v) is 10.4. The van der Waals surface area contributed by atoms with E-state index in [1.165, 1.54) is 12.2 Å². The Morgan fingerprint density at radius 3 is 2.89 bits per heavy atom. The molecule has 1 aromatic rings. The lowest BCUT2D eigenvalue weighted by Crippen LogP contribution is -2.51. The molecule has 1 aliphatic heterocycles. The first-order valence-corrected chi connectivity index (χ1v) is 5.93. The van der Waals surface area contributed by atoms with Gasteiger partial charge in [0.05, 0.1) is 0 Å². The highest BCUT2D eigenvalue weighted by molar-refractivity contribution is 6.03. The number of hydrogen-bond acceptors (Lipinski definition) is 4. The third kappa shape index (κ3) is 3.54. The number of carbonyl (C=O) groups excluding carboxylic acids is 3. The summed E-state index contributed by atoms with van der Waals surface area (Å²) < 4.78 is 5.27. The normalized spacial score (nSPS) is 19.5. The van der Waals surface area contributed by atoms with Crippen LogP contribution in [0.3, 0.4) is 0 Å². The fourth-order valence-corrected chi connectivity index (χ4v) is 1.75. The van der Waals surface area contributed by atoms with E-state index >= 15 is 0 Å². The van der Waals surface area contributed by atoms with Crippen molar-refractivity contribution in [2.24, 2.45) is 0 Å². The van der Waals surface area contributed by atoms with Crippen LogP contribution in [0.4, 0.5) is 0 Å². The molecule has 0 aromatic carbocycles. The average Bonchev–Trinajstić information content (AvgIpc) is 2.76. The minimum absolute atomic E-state index is 0.234. The molecule has 1 saturated heterocycles. The molecule has 0 aliphatic carbocycles. The van der Waals surface area contributed by atoms with Crippen molar-refractivity contribution in [2.45, 2.75) is 25.8 Å². The van der Waals surface area contributed by atoms with Gasteiger partial charge in [0.15, 0.2) is 0 Å². The molecule has 2 N–H and O–H groups in total. The quantitative estimate of drug-likeness (QED) is 0.614. The third-order valence-electron chi connectivity index (χ3n) is 2.72. The van der Waals surface area contributed by atoms with Crippen LogP contribution < -0.4 is 10.6 Å². The smallest absolute Gasteiger partial charge is 0.249 e. The molecule has 0 spiro atoms. The number of imide groups is 1. The standard InChI is InChI=1S/C13H14N2O4/c1-8-2-3-9(19-8)4-6-11(16)14-10-5-7-12(17)15-13(10)18/h2-4,6,10H,5,7H2,1H3,(H,14,16)(H,15,17,18). The van der Waals surface area contributed by atoms with Gasteiger partial charge in [0.1, 0.15) is 17.6 Å². The van der Waals surface area contributed by atoms with Gasteiger partial charge < -0.3 is 9.73 Å². The Bertz CT molecular complexity index is 545. The first-order valence-electron chi connectivity index (χ1n) is 5.93. The molecule has 1 aromatic heterocycles. The predicted molar refractivity (Wildman–Crippen MR) is 66.8 cm³/mol. The predicted octanol–water partition coefficient (Wildman–Crippen LogP) is 0.523. The van der Waals surface area contributed by atoms with E-state index in [9.17, 15) is 14.4 Å². The largest absolute Gasteiger partial charge is 0.462 e. The Hall–Kier alpha value is -2.37. The maximum atomic E-state index is 11.6. The zero-order valence-electron chi connectivity index (χ0n) is 10.4. The molecule has 0 radical (unpaired) electrons. The van der Waals surface area contributed by atoms with Crippen LogP contribution in [0.25, 0.3) is 6.08 Å². The van der Waals surface area contributed by atoms with Crippen molar-refractivity contribution in [1.82, 2.24) is 10.6 Å². The molecule has 6 heteroatoms. The summed E-state index contributed by atoms with van der Waals surface area (Å²) in [5.41, 5.74) is 0. The van der Waals surface area contributed by atoms with Crippen LogP contribution in [0.5, 0.6) is 0 Å². The third-order valence-corrected chi connectivity index (χ3v) is 2.72. The van der Waals surface area contributed by atoms with Crippen molar-refractivity contribution >= 4 is 23.8 Å². The second-order valence-electron chi connectivity index (χ2n) is 4.29. The second kappa shape index (κ2) is 5.51. The molecule has 1 aliphatic rings. The molecule has 19 heavy (non-hydrogen) atoms. The van der Waals surface area contributed by atoms with Crippen molar-refractivity contribution in [3.8, 4) is 0 Å². The van der Waals surface area contributed by atoms with Gasteiger partial charge in [-0.1, -0.05) is 0 Å². The van der Waals surface area contributed by atoms with Crippen LogP contribution in [0, 0.1) is 6.92 Å². The number of rotatable bonds is 3. The van der Waals surface area contributed by atoms with Gasteiger partial charge >= 0.3 is 0 Å². The molecular formula is C13H14N2O4. The van der Waals surface area contributed by atoms with Gasteiger partial charge in [-0.05, 0) is 31.6 Å². The minimum atomic E-state index is -0.659. The SMILES string of the molecule is Cc1ccc(C=CC(=O)NC2CCC(=O)NC2=O)o1. The zero-order chi connectivity index (χ0) is 13.8. The number of furan rings is 1. The molecule has 2 rings (SSSR count). The molecule has 6 nitrogen and oxygen atoms in total. The van der Waals surface area contributed by atoms with E-state index in [0.717, 1.165) is 5.76 Å². The summed E-state index contributed by atoms with van der Waals surface area (Å²) in [6.45, 7) is 1.81. The van der Waals surface area contributed by atoms with Gasteiger partial charge in [0, 0.05) is 12.5 Å². The Labute approximate surface area is 109 Å². The first kappa shape index (κ1) is 13.1. The van der Waals surface area contributed by atoms with Gasteiger partial charge in [-0.2, -0.15) is 0 Å². The molecule has 3 amide bonds. The summed E-state index contributed by atoms with van der Waals surface area (Å²) in [6.07, 6.45) is 3.37. The first-order chi connectivity index (χ1) is 9.04. The van der Waals surface area contributed by atoms with Crippen molar-refractivity contribution in [2.75, 3.05) is 0 Å². The highest BCUT2D eigenvalue weighted by atomic mass is 16.3. The molecule has 100 valence electrons. The number of piperidine rings is 1. The van der Waals surface area contributed by atoms with Gasteiger partial charge in [0.2, 0.25) is 17.7 Å². The fraction of sp³-hybridized carbons (Fsp3) is 0.308. The summed E-state index contributed by atoms with van der Waals surface area (Å²) >= 11 is 0. The molecule has 0 saturated carbocycles. The monoisotopic (exact) mass is 262 g/mol. The van der Waals surface area contributed by atoms with Crippen molar-refractivity contribution in [3.05, 3.63) is 29.7 Å². The maximum absolute atomic E-state index is 11.6. The average molecular weight is 262 g/mol. The lowest BCUT2D eigenvalue weighted by molar-refractivity contribution is -0.136. The van der Waals surface area contributed by atoms with Crippen LogP contribution in [0.15, 0.2) is 22.6 Å². The van der Waals surface area contributed by atoms with E-state index in [4.69, 9.17) is 4.42 Å². The lowest BCUT2D eigenvalue weighted by atomic mass is 10.1. The summed E-state index contributed by atoms with van der Waals surface area (Å²) in [7, 11) is 0. The van der Waals surface area contributed by atoms with E-state index in [2.05, 4.69) is 10.6 Å². The van der Waals surface area contributed by atoms with E-state index in [-0.39, 0.29) is 12.3 Å². The Kier molecular flexibility index (Phi) is 3.79. The number of hydrogen-bond donors (Lipinski definition) is 2. The second-order valence-corrected chi connectivity index (χ2v) is 4.29. The van der Waals surface area contributed by atoms with E-state index < -0.39 is 17.9 Å². The maximum Gasteiger partial charge on any atom is 0.249 e. The van der Waals surface area contributed by atoms with E-state index in [0.29, 0.717) is 12.2 Å². The highest BCUT2D eigenvalue weighted by Gasteiger charge is 2.27. The van der Waals surface area contributed by atoms with E-state index in [1.54, 1.807) is 19.1 Å². The lowest BCUT2D eigenvalue weighted by Gasteiger charge is -2.20. The summed E-state index contributed by atoms with van der Waals surface area (Å²) in [4.78, 5) is 34.0. The Balaban J connectivity index is 1.89. The van der Waals surface area contributed by atoms with Crippen LogP contribution in [-0.2, 0) is 14.4 Å². The molecule has 1 atom stereocenters. The van der Waals surface area contributed by atoms with Gasteiger partial charge in [-0.3, -0.25) is 19.7 Å². The fourth-order valence-electron chi connectivity index (χ4n) is 1.75. The van der Waals surface area contributed by atoms with Crippen LogP contribution in [0.2, 0.25) is 0 Å². The molecule has 2 heterocycles. The number of aryl methyl sites for hydroxylation is 1. The summed E-state index contributed by atoms with van der Waals surface area (Å²) in [5, 5.41) is 4.71. The molecule has 0 bridgehead atoms. The van der Waals surface area contributed by atoms with Crippen LogP contribution in [-0.4, -0.2) is 23.8 Å². The number of amides is 3. The van der Waals surface area contributed by atoms with Crippen molar-refractivity contribution < 1.29 is 18.8 Å². The van der Waals surface area contributed by atoms with Crippen LogP contribution in [0.1, 0.15) is 24.4 Å². The van der Waals surface area contributed by atoms with Gasteiger partial charge in [-0.15, -0.1) is 0 Å². The molecule has 1 unspecified atom stereocenters. The summed E-state index contributed by atoms with van der Waals surface area (Å²) in [6, 6.07) is 2.87. The van der Waals surface area contributed by atoms with Gasteiger partial charge in [-0.25, -0.2) is 0 Å². The number of nitrogens with one attached hydrogen (secondary N) is 2. The van der Waals surface area contributed by atoms with E-state index in [1.807, 2.05) is 0 Å². The van der Waals surface area contributed by atoms with Crippen LogP contribution >= 0.6 is 0 Å². The highest BCUT2D eigenvalue weighted by Crippen LogP contribution is 2.08. The van der Waals surface area contributed by atoms with Crippen molar-refractivity contribution in [3.63, 3.8) is 0 Å². The number of carbonyl (C=O) groups is 3. The Morgan fingerprint density at radius 1 is 1.47 bits per heavy atom. The van der Waals surface area contributed by atoms with Crippen molar-refractivity contribution in [1.29, 1.82) is 0 Å².